The summed E-state index contributed by atoms with van der Waals surface area (Å²) in [5.74, 6) is -0.361. The maximum atomic E-state index is 11.2. The minimum atomic E-state index is -0.361. The van der Waals surface area contributed by atoms with Gasteiger partial charge in [-0.3, -0.25) is 0 Å². The van der Waals surface area contributed by atoms with Crippen molar-refractivity contribution in [1.29, 1.82) is 0 Å². The third-order valence-electron chi connectivity index (χ3n) is 1.60. The smallest absolute Gasteiger partial charge is 0.340 e. The van der Waals surface area contributed by atoms with Crippen LogP contribution in [0.25, 0.3) is 0 Å². The van der Waals surface area contributed by atoms with Gasteiger partial charge in [0.1, 0.15) is 0 Å². The zero-order valence-corrected chi connectivity index (χ0v) is 7.29. The van der Waals surface area contributed by atoms with E-state index in [0.717, 1.165) is 5.56 Å². The minimum absolute atomic E-state index is 0.361. The molecule has 0 aliphatic rings. The van der Waals surface area contributed by atoms with Crippen LogP contribution in [0.15, 0.2) is 6.20 Å². The van der Waals surface area contributed by atoms with E-state index in [-0.39, 0.29) is 5.97 Å². The highest BCUT2D eigenvalue weighted by Crippen LogP contribution is 2.09. The van der Waals surface area contributed by atoms with E-state index in [4.69, 9.17) is 0 Å². The summed E-state index contributed by atoms with van der Waals surface area (Å²) in [5, 5.41) is 7.46. The Bertz CT molecular complexity index is 290. The van der Waals surface area contributed by atoms with E-state index in [1.54, 1.807) is 20.0 Å². The first-order chi connectivity index (χ1) is 5.66. The molecule has 1 aromatic heterocycles. The molecule has 12 heavy (non-hydrogen) atoms. The molecular formula is C8H10N2O2. The van der Waals surface area contributed by atoms with Crippen molar-refractivity contribution in [3.63, 3.8) is 0 Å². The normalized spacial score (nSPS) is 9.58. The summed E-state index contributed by atoms with van der Waals surface area (Å²) in [6.45, 7) is 3.53. The van der Waals surface area contributed by atoms with Gasteiger partial charge in [-0.05, 0) is 19.4 Å². The molecule has 0 saturated heterocycles. The summed E-state index contributed by atoms with van der Waals surface area (Å²) in [6, 6.07) is 0. The van der Waals surface area contributed by atoms with Gasteiger partial charge in [0.05, 0.1) is 24.6 Å². The molecule has 0 aliphatic carbocycles. The van der Waals surface area contributed by atoms with Gasteiger partial charge in [-0.1, -0.05) is 0 Å². The highest BCUT2D eigenvalue weighted by molar-refractivity contribution is 5.91. The van der Waals surface area contributed by atoms with Crippen molar-refractivity contribution in [2.45, 2.75) is 13.8 Å². The summed E-state index contributed by atoms with van der Waals surface area (Å²) < 4.78 is 4.59. The fourth-order valence-corrected chi connectivity index (χ4v) is 1.01. The summed E-state index contributed by atoms with van der Waals surface area (Å²) >= 11 is 0. The second-order valence-electron chi connectivity index (χ2n) is 2.48. The van der Waals surface area contributed by atoms with Crippen LogP contribution >= 0.6 is 0 Å². The van der Waals surface area contributed by atoms with E-state index >= 15 is 0 Å². The maximum absolute atomic E-state index is 11.2. The lowest BCUT2D eigenvalue weighted by Gasteiger charge is -2.03. The molecule has 0 saturated carbocycles. The average Bonchev–Trinajstić information content (AvgIpc) is 2.03. The molecule has 0 aromatic carbocycles. The average molecular weight is 166 g/mol. The van der Waals surface area contributed by atoms with Crippen LogP contribution in [0.5, 0.6) is 0 Å². The zero-order chi connectivity index (χ0) is 9.14. The van der Waals surface area contributed by atoms with Crippen molar-refractivity contribution in [2.75, 3.05) is 7.11 Å². The van der Waals surface area contributed by atoms with Crippen LogP contribution < -0.4 is 0 Å². The van der Waals surface area contributed by atoms with Crippen molar-refractivity contribution in [3.05, 3.63) is 23.0 Å². The van der Waals surface area contributed by atoms with Crippen molar-refractivity contribution in [2.24, 2.45) is 0 Å². The zero-order valence-electron chi connectivity index (χ0n) is 7.29. The number of aromatic nitrogens is 2. The molecule has 0 amide bonds. The van der Waals surface area contributed by atoms with E-state index in [1.165, 1.54) is 7.11 Å². The van der Waals surface area contributed by atoms with Crippen LogP contribution in [-0.2, 0) is 4.74 Å². The molecule has 0 N–H and O–H groups in total. The Morgan fingerprint density at radius 3 is 2.67 bits per heavy atom. The monoisotopic (exact) mass is 166 g/mol. The molecule has 1 aromatic rings. The number of nitrogens with zero attached hydrogens (tertiary/aromatic N) is 2. The molecular weight excluding hydrogens is 156 g/mol. The van der Waals surface area contributed by atoms with Gasteiger partial charge in [0.25, 0.3) is 0 Å². The number of aryl methyl sites for hydroxylation is 2. The molecule has 4 nitrogen and oxygen atoms in total. The molecule has 0 spiro atoms. The van der Waals surface area contributed by atoms with Gasteiger partial charge in [-0.2, -0.15) is 10.2 Å². The van der Waals surface area contributed by atoms with Crippen LogP contribution in [0.1, 0.15) is 21.6 Å². The van der Waals surface area contributed by atoms with Crippen LogP contribution in [0.3, 0.4) is 0 Å². The molecule has 1 rings (SSSR count). The SMILES string of the molecule is COC(=O)c1c(C)cnnc1C. The molecule has 64 valence electrons. The lowest BCUT2D eigenvalue weighted by molar-refractivity contribution is 0.0598. The maximum Gasteiger partial charge on any atom is 0.340 e. The van der Waals surface area contributed by atoms with Crippen molar-refractivity contribution in [3.8, 4) is 0 Å². The fourth-order valence-electron chi connectivity index (χ4n) is 1.01. The van der Waals surface area contributed by atoms with E-state index < -0.39 is 0 Å². The van der Waals surface area contributed by atoms with Crippen molar-refractivity contribution >= 4 is 5.97 Å². The van der Waals surface area contributed by atoms with Crippen molar-refractivity contribution < 1.29 is 9.53 Å². The molecule has 0 fully saturated rings. The fraction of sp³-hybridized carbons (Fsp3) is 0.375. The predicted molar refractivity (Wildman–Crippen MR) is 42.8 cm³/mol. The van der Waals surface area contributed by atoms with Crippen LogP contribution in [0.4, 0.5) is 0 Å². The number of esters is 1. The highest BCUT2D eigenvalue weighted by atomic mass is 16.5. The van der Waals surface area contributed by atoms with Gasteiger partial charge < -0.3 is 4.74 Å². The van der Waals surface area contributed by atoms with E-state index in [2.05, 4.69) is 14.9 Å². The second-order valence-corrected chi connectivity index (χ2v) is 2.48. The summed E-state index contributed by atoms with van der Waals surface area (Å²) in [5.41, 5.74) is 1.89. The molecule has 1 heterocycles. The van der Waals surface area contributed by atoms with Gasteiger partial charge in [-0.15, -0.1) is 0 Å². The van der Waals surface area contributed by atoms with Crippen LogP contribution in [-0.4, -0.2) is 23.3 Å². The third-order valence-corrected chi connectivity index (χ3v) is 1.60. The first-order valence-corrected chi connectivity index (χ1v) is 3.54. The minimum Gasteiger partial charge on any atom is -0.465 e. The Morgan fingerprint density at radius 1 is 1.50 bits per heavy atom. The Balaban J connectivity index is 3.21. The molecule has 4 heteroatoms. The number of hydrogen-bond acceptors (Lipinski definition) is 4. The van der Waals surface area contributed by atoms with Gasteiger partial charge >= 0.3 is 5.97 Å². The predicted octanol–water partition coefficient (Wildman–Crippen LogP) is 0.880. The largest absolute Gasteiger partial charge is 0.465 e. The first kappa shape index (κ1) is 8.64. The third kappa shape index (κ3) is 1.42. The van der Waals surface area contributed by atoms with Gasteiger partial charge in [0, 0.05) is 0 Å². The van der Waals surface area contributed by atoms with E-state index in [9.17, 15) is 4.79 Å². The highest BCUT2D eigenvalue weighted by Gasteiger charge is 2.12. The van der Waals surface area contributed by atoms with E-state index in [0.29, 0.717) is 11.3 Å². The van der Waals surface area contributed by atoms with Crippen molar-refractivity contribution in [1.82, 2.24) is 10.2 Å². The van der Waals surface area contributed by atoms with E-state index in [1.807, 2.05) is 0 Å². The van der Waals surface area contributed by atoms with Gasteiger partial charge in [0.2, 0.25) is 0 Å². The molecule has 0 unspecified atom stereocenters. The Hall–Kier alpha value is -1.45. The lowest BCUT2D eigenvalue weighted by Crippen LogP contribution is -2.08. The van der Waals surface area contributed by atoms with Crippen LogP contribution in [0, 0.1) is 13.8 Å². The number of carbonyl (C=O) groups excluding carboxylic acids is 1. The second kappa shape index (κ2) is 3.30. The van der Waals surface area contributed by atoms with Gasteiger partial charge in [-0.25, -0.2) is 4.79 Å². The van der Waals surface area contributed by atoms with Gasteiger partial charge in [0.15, 0.2) is 0 Å². The lowest BCUT2D eigenvalue weighted by atomic mass is 10.1. The number of rotatable bonds is 1. The standard InChI is InChI=1S/C8H10N2O2/c1-5-4-9-10-6(2)7(5)8(11)12-3/h4H,1-3H3. The Morgan fingerprint density at radius 2 is 2.17 bits per heavy atom. The first-order valence-electron chi connectivity index (χ1n) is 3.54. The number of methoxy groups -OCH3 is 1. The molecule has 0 bridgehead atoms. The molecule has 0 aliphatic heterocycles. The summed E-state index contributed by atoms with van der Waals surface area (Å²) in [4.78, 5) is 11.2. The Labute approximate surface area is 70.6 Å². The number of carbonyl (C=O) groups is 1. The number of ether oxygens (including phenoxy) is 1. The molecule has 0 radical (unpaired) electrons. The quantitative estimate of drug-likeness (QED) is 0.581. The topological polar surface area (TPSA) is 52.1 Å². The molecule has 0 atom stereocenters. The van der Waals surface area contributed by atoms with Crippen LogP contribution in [0.2, 0.25) is 0 Å². The summed E-state index contributed by atoms with van der Waals surface area (Å²) in [7, 11) is 1.35. The Kier molecular flexibility index (Phi) is 2.38. The summed E-state index contributed by atoms with van der Waals surface area (Å²) in [6.07, 6.45) is 1.54. The number of hydrogen-bond donors (Lipinski definition) is 0.